The molecule has 0 aromatic carbocycles. The summed E-state index contributed by atoms with van der Waals surface area (Å²) in [6, 6.07) is 0. The number of hydrogen-bond donors (Lipinski definition) is 2. The van der Waals surface area contributed by atoms with E-state index in [4.69, 9.17) is 0 Å². The van der Waals surface area contributed by atoms with Gasteiger partial charge < -0.3 is 0 Å². The molecule has 2 atom stereocenters. The normalized spacial score (nSPS) is 26.6. The Morgan fingerprint density at radius 2 is 2.70 bits per heavy atom. The van der Waals surface area contributed by atoms with Gasteiger partial charge in [-0.2, -0.15) is 4.21 Å². The monoisotopic (exact) mass is 198 g/mol. The molecule has 10 heavy (non-hydrogen) atoms. The van der Waals surface area contributed by atoms with Gasteiger partial charge in [0.1, 0.15) is 0 Å². The third kappa shape index (κ3) is 1.80. The Labute approximate surface area is 70.4 Å². The molecule has 0 aliphatic carbocycles. The zero-order chi connectivity index (χ0) is 7.56. The molecule has 0 radical (unpaired) electrons. The molecule has 1 aliphatic rings. The molecule has 1 heterocycles. The van der Waals surface area contributed by atoms with E-state index in [1.54, 1.807) is 0 Å². The van der Waals surface area contributed by atoms with Crippen LogP contribution in [0.15, 0.2) is 5.16 Å². The highest BCUT2D eigenvalue weighted by atomic mass is 33.1. The van der Waals surface area contributed by atoms with E-state index in [-0.39, 0.29) is 5.25 Å². The van der Waals surface area contributed by atoms with Crippen molar-refractivity contribution in [1.82, 2.24) is 4.72 Å². The minimum absolute atomic E-state index is 0.0785. The molecule has 1 N–H and O–H groups in total. The van der Waals surface area contributed by atoms with Gasteiger partial charge in [-0.3, -0.25) is 9.01 Å². The summed E-state index contributed by atoms with van der Waals surface area (Å²) >= 11 is 2.49. The number of nitrogens with one attached hydrogen (secondary N) is 1. The Bertz CT molecular complexity index is 183. The molecule has 0 saturated carbocycles. The summed E-state index contributed by atoms with van der Waals surface area (Å²) in [5.74, 6) is 0.568. The van der Waals surface area contributed by atoms with Gasteiger partial charge in [-0.1, -0.05) is 15.9 Å². The van der Waals surface area contributed by atoms with Crippen molar-refractivity contribution in [3.05, 3.63) is 0 Å². The summed E-state index contributed by atoms with van der Waals surface area (Å²) in [6.45, 7) is 1.88. The van der Waals surface area contributed by atoms with Crippen LogP contribution in [0, 0.1) is 0 Å². The van der Waals surface area contributed by atoms with E-state index in [2.05, 4.69) is 25.8 Å². The molecule has 0 spiro atoms. The summed E-state index contributed by atoms with van der Waals surface area (Å²) in [7, 11) is 1.31. The molecule has 58 valence electrons. The van der Waals surface area contributed by atoms with Crippen molar-refractivity contribution < 1.29 is 8.49 Å². The average Bonchev–Trinajstić information content (AvgIpc) is 2.34. The lowest BCUT2D eigenvalue weighted by atomic mass is 10.4. The van der Waals surface area contributed by atoms with Gasteiger partial charge in [-0.05, 0) is 6.92 Å². The van der Waals surface area contributed by atoms with Gasteiger partial charge in [0.15, 0.2) is 5.84 Å². The Kier molecular flexibility index (Phi) is 2.87. The van der Waals surface area contributed by atoms with Crippen molar-refractivity contribution in [2.75, 3.05) is 0 Å². The Morgan fingerprint density at radius 3 is 3.10 bits per heavy atom. The fraction of sp³-hybridized carbons (Fsp3) is 0.667. The minimum atomic E-state index is -1.48. The second kappa shape index (κ2) is 3.49. The molecular weight excluding hydrogens is 192 g/mol. The maximum absolute atomic E-state index is 10.5. The minimum Gasteiger partial charge on any atom is -0.269 e. The number of oxime groups is 1. The second-order valence-corrected chi connectivity index (χ2v) is 4.01. The van der Waals surface area contributed by atoms with Gasteiger partial charge in [0.25, 0.3) is 0 Å². The number of rotatable bonds is 2. The molecule has 0 saturated heterocycles. The summed E-state index contributed by atoms with van der Waals surface area (Å²) in [5, 5.41) is 3.60. The van der Waals surface area contributed by atoms with Gasteiger partial charge in [-0.15, -0.1) is 11.7 Å². The lowest BCUT2D eigenvalue weighted by Gasteiger charge is -2.01. The Balaban J connectivity index is 2.50. The van der Waals surface area contributed by atoms with Crippen LogP contribution in [0.1, 0.15) is 6.92 Å². The van der Waals surface area contributed by atoms with Gasteiger partial charge in [-0.25, -0.2) is 0 Å². The van der Waals surface area contributed by atoms with Gasteiger partial charge in [0, 0.05) is 0 Å². The van der Waals surface area contributed by atoms with Crippen molar-refractivity contribution in [2.24, 2.45) is 5.16 Å². The molecule has 1 aliphatic heterocycles. The van der Waals surface area contributed by atoms with Crippen molar-refractivity contribution in [3.8, 4) is 0 Å². The lowest BCUT2D eigenvalue weighted by molar-refractivity contribution is 0.384. The topological polar surface area (TPSA) is 50.7 Å². The summed E-state index contributed by atoms with van der Waals surface area (Å²) in [6.07, 6.45) is 0. The zero-order valence-corrected chi connectivity index (χ0v) is 7.63. The molecule has 2 unspecified atom stereocenters. The first kappa shape index (κ1) is 8.22. The van der Waals surface area contributed by atoms with Crippen LogP contribution in [0.2, 0.25) is 0 Å². The standard InChI is InChI=1S/C3H6N2O2S3/c1-2(9-8)3-4-7-10(6)5-3/h2,8H,1H3,(H,4,5). The van der Waals surface area contributed by atoms with Crippen LogP contribution >= 0.6 is 22.5 Å². The lowest BCUT2D eigenvalue weighted by Crippen LogP contribution is -2.26. The highest BCUT2D eigenvalue weighted by molar-refractivity contribution is 8.69. The first-order valence-corrected chi connectivity index (χ1v) is 5.48. The third-order valence-electron chi connectivity index (χ3n) is 0.934. The van der Waals surface area contributed by atoms with E-state index in [1.165, 1.54) is 10.8 Å². The fourth-order valence-electron chi connectivity index (χ4n) is 0.404. The molecule has 0 bridgehead atoms. The molecule has 1 rings (SSSR count). The quantitative estimate of drug-likeness (QED) is 0.501. The molecule has 4 nitrogen and oxygen atoms in total. The Morgan fingerprint density at radius 1 is 2.00 bits per heavy atom. The Hall–Kier alpha value is 0.120. The zero-order valence-electron chi connectivity index (χ0n) is 5.10. The average molecular weight is 198 g/mol. The summed E-state index contributed by atoms with van der Waals surface area (Å²) < 4.78 is 17.4. The van der Waals surface area contributed by atoms with Gasteiger partial charge >= 0.3 is 11.3 Å². The van der Waals surface area contributed by atoms with Crippen LogP contribution < -0.4 is 4.72 Å². The third-order valence-corrected chi connectivity index (χ3v) is 3.01. The van der Waals surface area contributed by atoms with Crippen LogP contribution in [0.25, 0.3) is 0 Å². The molecule has 7 heteroatoms. The fourth-order valence-corrected chi connectivity index (χ4v) is 1.55. The van der Waals surface area contributed by atoms with Crippen LogP contribution in [-0.2, 0) is 15.6 Å². The van der Waals surface area contributed by atoms with Crippen molar-refractivity contribution in [3.63, 3.8) is 0 Å². The van der Waals surface area contributed by atoms with E-state index in [0.717, 1.165) is 0 Å². The van der Waals surface area contributed by atoms with Gasteiger partial charge in [0.2, 0.25) is 0 Å². The van der Waals surface area contributed by atoms with E-state index in [9.17, 15) is 4.21 Å². The number of amidine groups is 1. The van der Waals surface area contributed by atoms with Crippen molar-refractivity contribution in [1.29, 1.82) is 0 Å². The molecule has 0 amide bonds. The van der Waals surface area contributed by atoms with Crippen LogP contribution in [0.4, 0.5) is 0 Å². The first-order valence-electron chi connectivity index (χ1n) is 2.48. The van der Waals surface area contributed by atoms with Crippen molar-refractivity contribution >= 4 is 39.6 Å². The predicted molar refractivity (Wildman–Crippen MR) is 45.8 cm³/mol. The molecule has 0 aromatic heterocycles. The van der Waals surface area contributed by atoms with E-state index in [0.29, 0.717) is 5.84 Å². The van der Waals surface area contributed by atoms with E-state index < -0.39 is 11.3 Å². The maximum atomic E-state index is 10.5. The molecule has 0 aromatic rings. The van der Waals surface area contributed by atoms with Gasteiger partial charge in [0.05, 0.1) is 5.25 Å². The molecular formula is C3H6N2O2S3. The van der Waals surface area contributed by atoms with E-state index in [1.807, 2.05) is 6.92 Å². The SMILES string of the molecule is CC(SS)C1=NOS(=O)N1. The van der Waals surface area contributed by atoms with Crippen molar-refractivity contribution in [2.45, 2.75) is 12.2 Å². The summed E-state index contributed by atoms with van der Waals surface area (Å²) in [5.41, 5.74) is 0. The number of hydrogen-bond acceptors (Lipinski definition) is 5. The van der Waals surface area contributed by atoms with Crippen LogP contribution in [0.5, 0.6) is 0 Å². The predicted octanol–water partition coefficient (Wildman–Crippen LogP) is 0.465. The van der Waals surface area contributed by atoms with E-state index >= 15 is 0 Å². The highest BCUT2D eigenvalue weighted by Crippen LogP contribution is 2.16. The summed E-state index contributed by atoms with van der Waals surface area (Å²) in [4.78, 5) is 0. The maximum Gasteiger partial charge on any atom is 0.338 e. The smallest absolute Gasteiger partial charge is 0.269 e. The largest absolute Gasteiger partial charge is 0.338 e. The van der Waals surface area contributed by atoms with Crippen LogP contribution in [0.3, 0.4) is 0 Å². The highest BCUT2D eigenvalue weighted by Gasteiger charge is 2.19. The molecule has 0 fully saturated rings. The number of nitrogens with zero attached hydrogens (tertiary/aromatic N) is 1. The first-order chi connectivity index (χ1) is 4.74. The number of thiol groups is 1. The second-order valence-electron chi connectivity index (χ2n) is 1.64. The van der Waals surface area contributed by atoms with Crippen LogP contribution in [-0.4, -0.2) is 15.3 Å².